The molecule has 7 rings (SSSR count). The highest BCUT2D eigenvalue weighted by molar-refractivity contribution is 6.31. The van der Waals surface area contributed by atoms with Crippen molar-refractivity contribution in [3.63, 3.8) is 0 Å². The van der Waals surface area contributed by atoms with Gasteiger partial charge in [0.15, 0.2) is 0 Å². The molecule has 4 unspecified atom stereocenters. The molecule has 4 atom stereocenters. The molecule has 13 nitrogen and oxygen atoms in total. The van der Waals surface area contributed by atoms with Gasteiger partial charge in [-0.3, -0.25) is 19.2 Å². The van der Waals surface area contributed by atoms with Gasteiger partial charge in [-0.25, -0.2) is 0 Å². The molecule has 1 aromatic heterocycles. The third kappa shape index (κ3) is 10.3. The highest BCUT2D eigenvalue weighted by Gasteiger charge is 2.64. The van der Waals surface area contributed by atoms with Crippen LogP contribution in [0.1, 0.15) is 118 Å². The van der Waals surface area contributed by atoms with E-state index in [1.165, 1.54) is 4.90 Å². The fraction of sp³-hybridized carbons (Fsp3) is 0.462. The number of β-amino-alcohol motifs (C(OH)–C–C–N with tert-alkyl or cyclic N) is 1. The van der Waals surface area contributed by atoms with Crippen molar-refractivity contribution in [2.75, 3.05) is 19.6 Å². The van der Waals surface area contributed by atoms with Crippen LogP contribution in [0, 0.1) is 52.8 Å². The van der Waals surface area contributed by atoms with Gasteiger partial charge in [-0.2, -0.15) is 5.26 Å². The molecule has 3 aromatic carbocycles. The van der Waals surface area contributed by atoms with Crippen molar-refractivity contribution in [3.05, 3.63) is 118 Å². The Morgan fingerprint density at radius 1 is 0.985 bits per heavy atom. The monoisotopic (exact) mass is 914 g/mol. The summed E-state index contributed by atoms with van der Waals surface area (Å²) in [6.45, 7) is 14.9. The van der Waals surface area contributed by atoms with E-state index in [2.05, 4.69) is 61.4 Å². The number of carbonyl (C=O) groups is 4. The summed E-state index contributed by atoms with van der Waals surface area (Å²) in [6, 6.07) is 23.6. The van der Waals surface area contributed by atoms with E-state index >= 15 is 0 Å². The van der Waals surface area contributed by atoms with E-state index in [-0.39, 0.29) is 61.1 Å². The summed E-state index contributed by atoms with van der Waals surface area (Å²) in [6.07, 6.45) is 0.394. The molecule has 3 aliphatic rings. The predicted molar refractivity (Wildman–Crippen MR) is 249 cm³/mol. The first-order valence-electron chi connectivity index (χ1n) is 22.7. The minimum atomic E-state index is -0.925. The van der Waals surface area contributed by atoms with Gasteiger partial charge in [-0.15, -0.1) is 0 Å². The highest BCUT2D eigenvalue weighted by atomic mass is 35.5. The molecule has 0 spiro atoms. The lowest BCUT2D eigenvalue weighted by molar-refractivity contribution is -0.164. The van der Waals surface area contributed by atoms with E-state index in [0.29, 0.717) is 59.3 Å². The number of ether oxygens (including phenoxy) is 1. The molecule has 0 radical (unpaired) electrons. The quantitative estimate of drug-likeness (QED) is 0.123. The largest absolute Gasteiger partial charge is 0.489 e. The molecule has 346 valence electrons. The van der Waals surface area contributed by atoms with E-state index in [1.54, 1.807) is 43.3 Å². The molecular formula is C52H59ClN6O7. The van der Waals surface area contributed by atoms with Crippen molar-refractivity contribution in [2.45, 2.75) is 110 Å². The first-order valence-corrected chi connectivity index (χ1v) is 23.1. The number of hydrogen-bond acceptors (Lipinski definition) is 9. The molecule has 3 fully saturated rings. The summed E-state index contributed by atoms with van der Waals surface area (Å²) >= 11 is 6.25. The second-order valence-electron chi connectivity index (χ2n) is 19.5. The zero-order valence-corrected chi connectivity index (χ0v) is 39.4. The molecule has 4 amide bonds. The summed E-state index contributed by atoms with van der Waals surface area (Å²) in [5.74, 6) is 5.84. The van der Waals surface area contributed by atoms with Gasteiger partial charge in [0.2, 0.25) is 17.7 Å². The Balaban J connectivity index is 0.920. The Hall–Kier alpha value is -6.15. The van der Waals surface area contributed by atoms with Crippen LogP contribution in [0.5, 0.6) is 5.75 Å². The van der Waals surface area contributed by atoms with Crippen LogP contribution in [0.25, 0.3) is 0 Å². The van der Waals surface area contributed by atoms with Crippen LogP contribution in [0.2, 0.25) is 5.02 Å². The van der Waals surface area contributed by atoms with E-state index in [9.17, 15) is 29.5 Å². The van der Waals surface area contributed by atoms with Crippen LogP contribution < -0.4 is 15.4 Å². The number of nitrogens with zero attached hydrogens (tertiary/aromatic N) is 4. The standard InChI is InChI=1S/C52H59ClN6O7/c1-31(2)45(43-25-32(3)57-66-43)48(64)59-30-38(60)26-42(59)47(63)55-41(35-11-9-8-10-12-35)28-44(61)58-23-21-34(22-24-58)14-13-33-15-17-36(18-16-33)46(62)56-49-51(4,5)50(52(49,6)7)65-39-20-19-37(29-54)40(53)27-39/h8-12,15-20,25,27,31,34,38,41-42,45,49-50,60H,21-24,26,28,30H2,1-7H3,(H,55,63)(H,56,62). The Morgan fingerprint density at radius 3 is 2.27 bits per heavy atom. The van der Waals surface area contributed by atoms with Crippen molar-refractivity contribution < 1.29 is 33.5 Å². The lowest BCUT2D eigenvalue weighted by Crippen LogP contribution is -2.74. The zero-order valence-electron chi connectivity index (χ0n) is 38.6. The summed E-state index contributed by atoms with van der Waals surface area (Å²) in [5, 5.41) is 30.5. The number of benzene rings is 3. The SMILES string of the molecule is Cc1cc(C(C(=O)N2CC(O)CC2C(=O)NC(CC(=O)N2CCC(C#Cc3ccc(C(=O)NC4C(C)(C)C(Oc5ccc(C#N)c(Cl)c5)C4(C)C)cc3)CC2)c2ccccc2)C(C)C)on1. The van der Waals surface area contributed by atoms with E-state index < -0.39 is 40.8 Å². The number of nitriles is 1. The van der Waals surface area contributed by atoms with Crippen LogP contribution in [0.4, 0.5) is 0 Å². The first-order chi connectivity index (χ1) is 31.4. The van der Waals surface area contributed by atoms with E-state index in [4.69, 9.17) is 20.9 Å². The maximum absolute atomic E-state index is 14.0. The normalized spacial score (nSPS) is 22.0. The molecule has 2 saturated heterocycles. The number of carbonyl (C=O) groups excluding carboxylic acids is 4. The van der Waals surface area contributed by atoms with Gasteiger partial charge in [0.05, 0.1) is 34.8 Å². The third-order valence-corrected chi connectivity index (χ3v) is 13.8. The summed E-state index contributed by atoms with van der Waals surface area (Å²) in [7, 11) is 0. The van der Waals surface area contributed by atoms with Gasteiger partial charge in [0.25, 0.3) is 5.91 Å². The number of aryl methyl sites for hydroxylation is 1. The summed E-state index contributed by atoms with van der Waals surface area (Å²) < 4.78 is 11.8. The number of aliphatic hydroxyl groups is 1. The smallest absolute Gasteiger partial charge is 0.251 e. The van der Waals surface area contributed by atoms with Crippen molar-refractivity contribution >= 4 is 35.2 Å². The Labute approximate surface area is 392 Å². The molecule has 14 heteroatoms. The average molecular weight is 916 g/mol. The lowest BCUT2D eigenvalue weighted by Gasteiger charge is -2.63. The number of likely N-dealkylation sites (tertiary alicyclic amines) is 2. The van der Waals surface area contributed by atoms with Crippen LogP contribution in [0.3, 0.4) is 0 Å². The van der Waals surface area contributed by atoms with Crippen molar-refractivity contribution in [1.29, 1.82) is 5.26 Å². The number of aromatic nitrogens is 1. The molecular weight excluding hydrogens is 856 g/mol. The number of rotatable bonds is 12. The van der Waals surface area contributed by atoms with E-state index in [1.807, 2.05) is 61.2 Å². The molecule has 0 bridgehead atoms. The highest BCUT2D eigenvalue weighted by Crippen LogP contribution is 2.55. The average Bonchev–Trinajstić information content (AvgIpc) is 3.91. The molecule has 3 N–H and O–H groups in total. The number of amides is 4. The number of halogens is 1. The van der Waals surface area contributed by atoms with Crippen molar-refractivity contribution in [1.82, 2.24) is 25.6 Å². The van der Waals surface area contributed by atoms with Crippen LogP contribution >= 0.6 is 11.6 Å². The van der Waals surface area contributed by atoms with Gasteiger partial charge < -0.3 is 34.8 Å². The molecule has 2 aliphatic heterocycles. The lowest BCUT2D eigenvalue weighted by atomic mass is 9.49. The fourth-order valence-corrected chi connectivity index (χ4v) is 10.4. The van der Waals surface area contributed by atoms with Crippen molar-refractivity contribution in [2.24, 2.45) is 22.7 Å². The summed E-state index contributed by atoms with van der Waals surface area (Å²) in [4.78, 5) is 58.6. The van der Waals surface area contributed by atoms with Crippen molar-refractivity contribution in [3.8, 4) is 23.7 Å². The van der Waals surface area contributed by atoms with Crippen LogP contribution in [0.15, 0.2) is 83.4 Å². The Bertz CT molecular complexity index is 2510. The fourth-order valence-electron chi connectivity index (χ4n) is 10.2. The number of hydrogen-bond donors (Lipinski definition) is 3. The minimum Gasteiger partial charge on any atom is -0.489 e. The number of aliphatic hydroxyl groups excluding tert-OH is 1. The Kier molecular flexibility index (Phi) is 14.3. The van der Waals surface area contributed by atoms with Gasteiger partial charge in [0.1, 0.15) is 35.6 Å². The molecule has 4 aromatic rings. The molecule has 1 aliphatic carbocycles. The molecule has 3 heterocycles. The van der Waals surface area contributed by atoms with Gasteiger partial charge in [-0.05, 0) is 67.6 Å². The number of nitrogens with one attached hydrogen (secondary N) is 2. The van der Waals surface area contributed by atoms with Gasteiger partial charge >= 0.3 is 0 Å². The van der Waals surface area contributed by atoms with Crippen LogP contribution in [-0.4, -0.2) is 87.6 Å². The number of piperidine rings is 1. The Morgan fingerprint density at radius 2 is 1.67 bits per heavy atom. The van der Waals surface area contributed by atoms with E-state index in [0.717, 1.165) is 11.1 Å². The van der Waals surface area contributed by atoms with Crippen LogP contribution in [-0.2, 0) is 14.4 Å². The van der Waals surface area contributed by atoms with Gasteiger partial charge in [0, 0.05) is 72.1 Å². The predicted octanol–water partition coefficient (Wildman–Crippen LogP) is 7.36. The third-order valence-electron chi connectivity index (χ3n) is 13.5. The molecule has 1 saturated carbocycles. The minimum absolute atomic E-state index is 0.0123. The van der Waals surface area contributed by atoms with Gasteiger partial charge in [-0.1, -0.05) is 100 Å². The first kappa shape index (κ1) is 47.8. The molecule has 66 heavy (non-hydrogen) atoms. The summed E-state index contributed by atoms with van der Waals surface area (Å²) in [5.41, 5.74) is 2.31. The topological polar surface area (TPSA) is 178 Å². The zero-order chi connectivity index (χ0) is 47.5. The second-order valence-corrected chi connectivity index (χ2v) is 19.9. The maximum Gasteiger partial charge on any atom is 0.251 e. The maximum atomic E-state index is 14.0. The second kappa shape index (κ2) is 19.8.